The van der Waals surface area contributed by atoms with Gasteiger partial charge < -0.3 is 10.5 Å². The maximum atomic E-state index is 11.9. The van der Waals surface area contributed by atoms with Gasteiger partial charge in [0.2, 0.25) is 5.91 Å². The quantitative estimate of drug-likeness (QED) is 0.764. The lowest BCUT2D eigenvalue weighted by Gasteiger charge is -2.51. The van der Waals surface area contributed by atoms with Gasteiger partial charge in [-0.3, -0.25) is 4.79 Å². The second-order valence-corrected chi connectivity index (χ2v) is 7.69. The highest BCUT2D eigenvalue weighted by Gasteiger charge is 2.45. The van der Waals surface area contributed by atoms with E-state index >= 15 is 0 Å². The molecule has 0 spiro atoms. The standard InChI is InChI=1S/C14H28N2O2S/c1-13(2)9-11(10-14(3,4)16(13)18)15-12(17)7-6-8-19-5/h11,18H,6-10H2,1-5H3,(H,15,17). The van der Waals surface area contributed by atoms with Gasteiger partial charge in [0.15, 0.2) is 0 Å². The van der Waals surface area contributed by atoms with Crippen molar-refractivity contribution in [3.63, 3.8) is 0 Å². The van der Waals surface area contributed by atoms with Gasteiger partial charge in [-0.25, -0.2) is 0 Å². The topological polar surface area (TPSA) is 52.6 Å². The molecule has 0 bridgehead atoms. The van der Waals surface area contributed by atoms with Crippen LogP contribution in [0.5, 0.6) is 0 Å². The Morgan fingerprint density at radius 1 is 1.32 bits per heavy atom. The van der Waals surface area contributed by atoms with Gasteiger partial charge in [-0.05, 0) is 59.0 Å². The van der Waals surface area contributed by atoms with Crippen molar-refractivity contribution < 1.29 is 10.0 Å². The van der Waals surface area contributed by atoms with Crippen LogP contribution in [-0.2, 0) is 4.79 Å². The summed E-state index contributed by atoms with van der Waals surface area (Å²) in [6, 6.07) is 0.148. The van der Waals surface area contributed by atoms with E-state index in [0.29, 0.717) is 6.42 Å². The first kappa shape index (κ1) is 16.8. The molecule has 1 amide bonds. The predicted octanol–water partition coefficient (Wildman–Crippen LogP) is 2.66. The summed E-state index contributed by atoms with van der Waals surface area (Å²) >= 11 is 1.77. The van der Waals surface area contributed by atoms with Crippen molar-refractivity contribution in [2.75, 3.05) is 12.0 Å². The highest BCUT2D eigenvalue weighted by molar-refractivity contribution is 7.98. The van der Waals surface area contributed by atoms with Crippen molar-refractivity contribution in [2.24, 2.45) is 0 Å². The van der Waals surface area contributed by atoms with Crippen molar-refractivity contribution in [3.05, 3.63) is 0 Å². The number of hydrogen-bond acceptors (Lipinski definition) is 4. The van der Waals surface area contributed by atoms with Crippen LogP contribution in [0.3, 0.4) is 0 Å². The van der Waals surface area contributed by atoms with Gasteiger partial charge in [0, 0.05) is 23.5 Å². The molecule has 0 unspecified atom stereocenters. The largest absolute Gasteiger partial charge is 0.353 e. The van der Waals surface area contributed by atoms with E-state index in [1.807, 2.05) is 27.7 Å². The molecule has 19 heavy (non-hydrogen) atoms. The molecule has 4 nitrogen and oxygen atoms in total. The molecule has 0 aromatic rings. The fourth-order valence-electron chi connectivity index (χ4n) is 3.05. The minimum Gasteiger partial charge on any atom is -0.353 e. The number of piperidine rings is 1. The molecule has 1 aliphatic rings. The summed E-state index contributed by atoms with van der Waals surface area (Å²) in [5.41, 5.74) is -0.613. The fraction of sp³-hybridized carbons (Fsp3) is 0.929. The number of hydroxylamine groups is 2. The summed E-state index contributed by atoms with van der Waals surface area (Å²) in [4.78, 5) is 11.9. The van der Waals surface area contributed by atoms with E-state index in [1.54, 1.807) is 11.8 Å². The van der Waals surface area contributed by atoms with E-state index in [2.05, 4.69) is 11.6 Å². The second-order valence-electron chi connectivity index (χ2n) is 6.71. The van der Waals surface area contributed by atoms with Gasteiger partial charge in [0.25, 0.3) is 0 Å². The van der Waals surface area contributed by atoms with Crippen LogP contribution in [0.15, 0.2) is 0 Å². The third-order valence-corrected chi connectivity index (χ3v) is 4.45. The van der Waals surface area contributed by atoms with Crippen LogP contribution in [0.1, 0.15) is 53.4 Å². The molecule has 0 aromatic carbocycles. The second kappa shape index (κ2) is 6.46. The maximum absolute atomic E-state index is 11.9. The molecule has 1 fully saturated rings. The average Bonchev–Trinajstić information content (AvgIpc) is 2.25. The molecule has 0 radical (unpaired) electrons. The predicted molar refractivity (Wildman–Crippen MR) is 80.6 cm³/mol. The first-order valence-corrected chi connectivity index (χ1v) is 8.36. The Labute approximate surface area is 121 Å². The lowest BCUT2D eigenvalue weighted by atomic mass is 9.79. The molecule has 0 aliphatic carbocycles. The number of hydrogen-bond donors (Lipinski definition) is 2. The van der Waals surface area contributed by atoms with Crippen molar-refractivity contribution in [2.45, 2.75) is 70.5 Å². The Bertz CT molecular complexity index is 301. The summed E-state index contributed by atoms with van der Waals surface area (Å²) in [6.45, 7) is 8.06. The minimum absolute atomic E-state index is 0.136. The molecule has 0 aromatic heterocycles. The van der Waals surface area contributed by atoms with E-state index in [0.717, 1.165) is 25.0 Å². The van der Waals surface area contributed by atoms with Crippen LogP contribution in [0.25, 0.3) is 0 Å². The number of nitrogens with zero attached hydrogens (tertiary/aromatic N) is 1. The van der Waals surface area contributed by atoms with Gasteiger partial charge >= 0.3 is 0 Å². The zero-order valence-electron chi connectivity index (χ0n) is 12.8. The number of thioether (sulfide) groups is 1. The lowest BCUT2D eigenvalue weighted by molar-refractivity contribution is -0.246. The van der Waals surface area contributed by atoms with Crippen molar-refractivity contribution in [1.29, 1.82) is 0 Å². The third kappa shape index (κ3) is 4.65. The number of rotatable bonds is 5. The molecule has 112 valence electrons. The van der Waals surface area contributed by atoms with Crippen LogP contribution in [0.2, 0.25) is 0 Å². The van der Waals surface area contributed by atoms with Crippen LogP contribution < -0.4 is 5.32 Å². The van der Waals surface area contributed by atoms with Gasteiger partial charge in [-0.2, -0.15) is 16.8 Å². The first-order valence-electron chi connectivity index (χ1n) is 6.96. The number of nitrogens with one attached hydrogen (secondary N) is 1. The highest BCUT2D eigenvalue weighted by Crippen LogP contribution is 2.36. The van der Waals surface area contributed by atoms with Crippen LogP contribution >= 0.6 is 11.8 Å². The Kier molecular flexibility index (Phi) is 5.71. The molecule has 1 heterocycles. The van der Waals surface area contributed by atoms with Gasteiger partial charge in [-0.1, -0.05) is 0 Å². The third-order valence-electron chi connectivity index (χ3n) is 3.76. The van der Waals surface area contributed by atoms with Crippen LogP contribution in [0, 0.1) is 0 Å². The van der Waals surface area contributed by atoms with Crippen LogP contribution in [0.4, 0.5) is 0 Å². The van der Waals surface area contributed by atoms with E-state index in [9.17, 15) is 10.0 Å². The molecule has 1 aliphatic heterocycles. The molecular weight excluding hydrogens is 260 g/mol. The molecule has 1 saturated heterocycles. The SMILES string of the molecule is CSCCCC(=O)NC1CC(C)(C)N(O)C(C)(C)C1. The Hall–Kier alpha value is -0.260. The van der Waals surface area contributed by atoms with Gasteiger partial charge in [0.05, 0.1) is 0 Å². The maximum Gasteiger partial charge on any atom is 0.220 e. The molecule has 0 saturated carbocycles. The first-order chi connectivity index (χ1) is 8.69. The summed E-state index contributed by atoms with van der Waals surface area (Å²) in [5, 5.41) is 14.8. The smallest absolute Gasteiger partial charge is 0.220 e. The van der Waals surface area contributed by atoms with E-state index in [-0.39, 0.29) is 23.0 Å². The lowest BCUT2D eigenvalue weighted by Crippen LogP contribution is -2.62. The van der Waals surface area contributed by atoms with Gasteiger partial charge in [-0.15, -0.1) is 0 Å². The molecule has 5 heteroatoms. The molecular formula is C14H28N2O2S. The number of carbonyl (C=O) groups excluding carboxylic acids is 1. The molecule has 2 N–H and O–H groups in total. The van der Waals surface area contributed by atoms with E-state index in [4.69, 9.17) is 0 Å². The summed E-state index contributed by atoms with van der Waals surface area (Å²) in [5.74, 6) is 1.16. The zero-order valence-corrected chi connectivity index (χ0v) is 13.6. The summed E-state index contributed by atoms with van der Waals surface area (Å²) in [7, 11) is 0. The normalized spacial score (nSPS) is 23.3. The van der Waals surface area contributed by atoms with Gasteiger partial charge in [0.1, 0.15) is 0 Å². The molecule has 0 atom stereocenters. The minimum atomic E-state index is -0.307. The Morgan fingerprint density at radius 2 is 1.84 bits per heavy atom. The van der Waals surface area contributed by atoms with E-state index in [1.165, 1.54) is 5.06 Å². The van der Waals surface area contributed by atoms with Crippen molar-refractivity contribution in [1.82, 2.24) is 10.4 Å². The summed E-state index contributed by atoms with van der Waals surface area (Å²) < 4.78 is 0. The summed E-state index contributed by atoms with van der Waals surface area (Å²) in [6.07, 6.45) is 5.14. The average molecular weight is 288 g/mol. The Balaban J connectivity index is 2.53. The number of carbonyl (C=O) groups is 1. The zero-order chi connectivity index (χ0) is 14.7. The molecule has 1 rings (SSSR count). The van der Waals surface area contributed by atoms with Crippen molar-refractivity contribution in [3.8, 4) is 0 Å². The Morgan fingerprint density at radius 3 is 2.32 bits per heavy atom. The van der Waals surface area contributed by atoms with E-state index < -0.39 is 0 Å². The monoisotopic (exact) mass is 288 g/mol. The van der Waals surface area contributed by atoms with Crippen LogP contribution in [-0.4, -0.2) is 45.3 Å². The highest BCUT2D eigenvalue weighted by atomic mass is 32.2. The van der Waals surface area contributed by atoms with Crippen molar-refractivity contribution >= 4 is 17.7 Å². The number of amides is 1. The fourth-order valence-corrected chi connectivity index (χ4v) is 3.48.